The number of ether oxygens (including phenoxy) is 2. The molecule has 0 unspecified atom stereocenters. The van der Waals surface area contributed by atoms with Gasteiger partial charge in [-0.1, -0.05) is 47.9 Å². The Labute approximate surface area is 223 Å². The van der Waals surface area contributed by atoms with Crippen molar-refractivity contribution in [1.82, 2.24) is 0 Å². The highest BCUT2D eigenvalue weighted by Crippen LogP contribution is 2.38. The van der Waals surface area contributed by atoms with Crippen LogP contribution in [0, 0.1) is 23.7 Å². The van der Waals surface area contributed by atoms with E-state index >= 15 is 0 Å². The van der Waals surface area contributed by atoms with Gasteiger partial charge in [0.15, 0.2) is 0 Å². The van der Waals surface area contributed by atoms with E-state index in [1.165, 1.54) is 20.9 Å². The van der Waals surface area contributed by atoms with Crippen LogP contribution in [-0.4, -0.2) is 24.4 Å². The number of rotatable bonds is 4. The lowest BCUT2D eigenvalue weighted by Crippen LogP contribution is -2.21. The van der Waals surface area contributed by atoms with Crippen molar-refractivity contribution in [3.8, 4) is 23.7 Å². The van der Waals surface area contributed by atoms with Crippen molar-refractivity contribution < 1.29 is 9.47 Å². The van der Waals surface area contributed by atoms with Crippen molar-refractivity contribution in [1.29, 1.82) is 0 Å². The fourth-order valence-electron chi connectivity index (χ4n) is 4.86. The Morgan fingerprint density at radius 3 is 1.59 bits per heavy atom. The van der Waals surface area contributed by atoms with Gasteiger partial charge in [0.05, 0.1) is 0 Å². The van der Waals surface area contributed by atoms with E-state index in [0.717, 1.165) is 32.7 Å². The van der Waals surface area contributed by atoms with E-state index < -0.39 is 11.2 Å². The van der Waals surface area contributed by atoms with E-state index in [0.29, 0.717) is 13.2 Å². The summed E-state index contributed by atoms with van der Waals surface area (Å²) in [5.41, 5.74) is 0.952. The average Bonchev–Trinajstić information content (AvgIpc) is 3.31. The van der Waals surface area contributed by atoms with Crippen LogP contribution in [0.25, 0.3) is 42.4 Å². The average molecular weight is 505 g/mol. The van der Waals surface area contributed by atoms with Gasteiger partial charge in [0, 0.05) is 34.4 Å². The second-order valence-electron chi connectivity index (χ2n) is 10.2. The molecule has 0 aliphatic heterocycles. The highest BCUT2D eigenvalue weighted by atomic mass is 32.1. The summed E-state index contributed by atoms with van der Waals surface area (Å²) in [6, 6.07) is 19.7. The fraction of sp³-hybridized carbons (Fsp3) is 0.294. The number of fused-ring (bicyclic) bond motifs is 4. The van der Waals surface area contributed by atoms with Gasteiger partial charge < -0.3 is 9.47 Å². The molecule has 0 saturated carbocycles. The molecule has 0 N–H and O–H groups in total. The molecule has 5 aromatic rings. The third-order valence-electron chi connectivity index (χ3n) is 6.54. The molecule has 2 nitrogen and oxygen atoms in total. The van der Waals surface area contributed by atoms with Crippen LogP contribution in [0.1, 0.15) is 52.7 Å². The Morgan fingerprint density at radius 1 is 0.649 bits per heavy atom. The predicted molar refractivity (Wildman–Crippen MR) is 160 cm³/mol. The van der Waals surface area contributed by atoms with E-state index in [9.17, 15) is 0 Å². The maximum absolute atomic E-state index is 5.92. The molecule has 0 amide bonds. The van der Waals surface area contributed by atoms with E-state index in [1.54, 1.807) is 11.3 Å². The molecule has 1 aromatic heterocycles. The van der Waals surface area contributed by atoms with Gasteiger partial charge in [0.1, 0.15) is 11.2 Å². The Bertz CT molecular complexity index is 1640. The second-order valence-corrected chi connectivity index (χ2v) is 11.2. The zero-order valence-electron chi connectivity index (χ0n) is 22.4. The van der Waals surface area contributed by atoms with Gasteiger partial charge in [-0.15, -0.1) is 11.3 Å². The van der Waals surface area contributed by atoms with Crippen LogP contribution < -0.4 is 0 Å². The molecule has 0 aliphatic carbocycles. The summed E-state index contributed by atoms with van der Waals surface area (Å²) < 4.78 is 13.1. The first-order valence-electron chi connectivity index (χ1n) is 12.8. The fourth-order valence-corrected chi connectivity index (χ4v) is 5.67. The van der Waals surface area contributed by atoms with Crippen LogP contribution in [0.2, 0.25) is 0 Å². The van der Waals surface area contributed by atoms with E-state index in [1.807, 2.05) is 41.5 Å². The molecule has 0 radical (unpaired) electrons. The monoisotopic (exact) mass is 504 g/mol. The molecule has 0 aliphatic rings. The summed E-state index contributed by atoms with van der Waals surface area (Å²) in [5.74, 6) is 13.9. The summed E-state index contributed by atoms with van der Waals surface area (Å²) in [4.78, 5) is 0. The smallest absolute Gasteiger partial charge is 0.123 e. The van der Waals surface area contributed by atoms with Gasteiger partial charge in [-0.2, -0.15) is 0 Å². The lowest BCUT2D eigenvalue weighted by atomic mass is 9.89. The van der Waals surface area contributed by atoms with E-state index in [4.69, 9.17) is 9.47 Å². The molecule has 1 heterocycles. The highest BCUT2D eigenvalue weighted by molar-refractivity contribution is 7.17. The standard InChI is InChI=1S/C34H32O2S/c1-7-35-33(3,4)16-13-26-28-19-23-11-9-10-12-24(23)20-29(28)27(14-17-34(5,6)36-8-2)31-22-32-25(15-18-37-32)21-30(26)31/h9-12,15,18-22H,7-8H2,1-6H3. The maximum Gasteiger partial charge on any atom is 0.123 e. The molecule has 4 aromatic carbocycles. The van der Waals surface area contributed by atoms with E-state index in [-0.39, 0.29) is 0 Å². The summed E-state index contributed by atoms with van der Waals surface area (Å²) >= 11 is 1.75. The van der Waals surface area contributed by atoms with Crippen LogP contribution >= 0.6 is 11.3 Å². The molecule has 0 fully saturated rings. The maximum atomic E-state index is 5.92. The lowest BCUT2D eigenvalue weighted by molar-refractivity contribution is 0.0359. The first-order valence-corrected chi connectivity index (χ1v) is 13.7. The van der Waals surface area contributed by atoms with Crippen molar-refractivity contribution >= 4 is 53.7 Å². The molecule has 0 atom stereocenters. The third-order valence-corrected chi connectivity index (χ3v) is 7.42. The summed E-state index contributed by atoms with van der Waals surface area (Å²) in [6.07, 6.45) is 0. The Hall–Kier alpha value is -3.34. The third kappa shape index (κ3) is 5.09. The zero-order valence-corrected chi connectivity index (χ0v) is 23.2. The Kier molecular flexibility index (Phi) is 6.74. The normalized spacial score (nSPS) is 12.1. The van der Waals surface area contributed by atoms with Crippen LogP contribution in [0.15, 0.2) is 60.0 Å². The summed E-state index contributed by atoms with van der Waals surface area (Å²) in [5, 5.41) is 10.2. The largest absolute Gasteiger partial charge is 0.363 e. The van der Waals surface area contributed by atoms with Gasteiger partial charge in [-0.05, 0) is 110 Å². The first kappa shape index (κ1) is 25.3. The molecule has 0 saturated heterocycles. The first-order chi connectivity index (χ1) is 17.7. The quantitative estimate of drug-likeness (QED) is 0.180. The van der Waals surface area contributed by atoms with E-state index in [2.05, 4.69) is 83.7 Å². The van der Waals surface area contributed by atoms with Gasteiger partial charge in [-0.25, -0.2) is 0 Å². The van der Waals surface area contributed by atoms with Crippen molar-refractivity contribution in [2.24, 2.45) is 0 Å². The van der Waals surface area contributed by atoms with Gasteiger partial charge in [0.25, 0.3) is 0 Å². The minimum Gasteiger partial charge on any atom is -0.363 e. The molecular weight excluding hydrogens is 472 g/mol. The SMILES string of the molecule is CCOC(C)(C)C#Cc1c2cc3ccccc3cc2c(C#CC(C)(C)OCC)c2cc3sccc3cc12. The Balaban J connectivity index is 1.95. The molecule has 5 rings (SSSR count). The predicted octanol–water partition coefficient (Wildman–Crippen LogP) is 8.69. The summed E-state index contributed by atoms with van der Waals surface area (Å²) in [7, 11) is 0. The van der Waals surface area contributed by atoms with Crippen molar-refractivity contribution in [3.63, 3.8) is 0 Å². The van der Waals surface area contributed by atoms with Gasteiger partial charge in [0.2, 0.25) is 0 Å². The highest BCUT2D eigenvalue weighted by Gasteiger charge is 2.18. The van der Waals surface area contributed by atoms with Crippen LogP contribution in [0.5, 0.6) is 0 Å². The topological polar surface area (TPSA) is 18.5 Å². The molecule has 186 valence electrons. The van der Waals surface area contributed by atoms with Crippen LogP contribution in [0.4, 0.5) is 0 Å². The van der Waals surface area contributed by atoms with Crippen LogP contribution in [-0.2, 0) is 9.47 Å². The number of hydrogen-bond acceptors (Lipinski definition) is 3. The van der Waals surface area contributed by atoms with Gasteiger partial charge >= 0.3 is 0 Å². The van der Waals surface area contributed by atoms with Crippen LogP contribution in [0.3, 0.4) is 0 Å². The molecule has 0 bridgehead atoms. The minimum atomic E-state index is -0.545. The van der Waals surface area contributed by atoms with Gasteiger partial charge in [-0.3, -0.25) is 0 Å². The zero-order chi connectivity index (χ0) is 26.2. The van der Waals surface area contributed by atoms with Crippen molar-refractivity contribution in [2.45, 2.75) is 52.7 Å². The number of hydrogen-bond donors (Lipinski definition) is 0. The van der Waals surface area contributed by atoms with Crippen molar-refractivity contribution in [2.75, 3.05) is 13.2 Å². The lowest BCUT2D eigenvalue weighted by Gasteiger charge is -2.18. The molecule has 0 spiro atoms. The number of thiophene rings is 1. The summed E-state index contributed by atoms with van der Waals surface area (Å²) in [6.45, 7) is 13.3. The minimum absolute atomic E-state index is 0.544. The molecule has 37 heavy (non-hydrogen) atoms. The number of benzene rings is 4. The second kappa shape index (κ2) is 9.85. The molecule has 3 heteroatoms. The van der Waals surface area contributed by atoms with Crippen molar-refractivity contribution in [3.05, 3.63) is 71.1 Å². The Morgan fingerprint density at radius 2 is 1.11 bits per heavy atom. The molecular formula is C34H32O2S.